The molecule has 0 aliphatic rings. The molecule has 5 atom stereocenters. The number of esters is 3. The van der Waals surface area contributed by atoms with Gasteiger partial charge >= 0.3 is 33.6 Å². The van der Waals surface area contributed by atoms with Crippen molar-refractivity contribution in [3.05, 3.63) is 109 Å². The Balaban J connectivity index is 4.53. The van der Waals surface area contributed by atoms with Gasteiger partial charge in [0.25, 0.3) is 0 Å². The van der Waals surface area contributed by atoms with Crippen molar-refractivity contribution in [2.75, 3.05) is 39.6 Å². The van der Waals surface area contributed by atoms with Crippen LogP contribution in [0.2, 0.25) is 0 Å². The van der Waals surface area contributed by atoms with Gasteiger partial charge in [-0.25, -0.2) is 9.13 Å². The first-order valence-electron chi connectivity index (χ1n) is 34.2. The molecule has 0 amide bonds. The van der Waals surface area contributed by atoms with E-state index in [2.05, 4.69) is 130 Å². The summed E-state index contributed by atoms with van der Waals surface area (Å²) in [4.78, 5) is 58.3. The van der Waals surface area contributed by atoms with E-state index in [4.69, 9.17) is 32.3 Å². The minimum absolute atomic E-state index is 0.0865. The molecule has 0 aromatic heterocycles. The number of phosphoric acid groups is 2. The van der Waals surface area contributed by atoms with Crippen molar-refractivity contribution < 1.29 is 75.8 Å². The summed E-state index contributed by atoms with van der Waals surface area (Å²) in [5, 5.41) is 20.5. The summed E-state index contributed by atoms with van der Waals surface area (Å²) in [6, 6.07) is 0. The molecule has 0 rings (SSSR count). The molecule has 0 aliphatic heterocycles. The Morgan fingerprint density at radius 2 is 0.607 bits per heavy atom. The number of ether oxygens (including phenoxy) is 3. The normalized spacial score (nSPS) is 14.9. The second kappa shape index (κ2) is 64.3. The second-order valence-corrected chi connectivity index (χ2v) is 25.5. The number of carbonyl (C=O) groups is 3. The topological polar surface area (TPSA) is 231 Å². The molecule has 0 aromatic rings. The van der Waals surface area contributed by atoms with Gasteiger partial charge in [-0.2, -0.15) is 0 Å². The van der Waals surface area contributed by atoms with Crippen LogP contribution >= 0.6 is 15.6 Å². The summed E-state index contributed by atoms with van der Waals surface area (Å²) in [6.45, 7) is 2.43. The van der Waals surface area contributed by atoms with Crippen LogP contribution in [0.25, 0.3) is 0 Å². The lowest BCUT2D eigenvalue weighted by Crippen LogP contribution is -2.30. The minimum Gasteiger partial charge on any atom is -0.463 e. The third-order valence-corrected chi connectivity index (χ3v) is 15.9. The van der Waals surface area contributed by atoms with Crippen LogP contribution < -0.4 is 0 Å². The third kappa shape index (κ3) is 65.5. The van der Waals surface area contributed by atoms with Crippen LogP contribution in [0.1, 0.15) is 265 Å². The molecule has 18 heteroatoms. The summed E-state index contributed by atoms with van der Waals surface area (Å²) >= 11 is 0. The number of aliphatic hydroxyl groups excluding tert-OH is 2. The molecule has 0 saturated heterocycles. The summed E-state index contributed by atoms with van der Waals surface area (Å²) in [6.07, 6.45) is 71.5. The van der Waals surface area contributed by atoms with Crippen molar-refractivity contribution in [2.45, 2.75) is 283 Å². The largest absolute Gasteiger partial charge is 0.472 e. The van der Waals surface area contributed by atoms with Gasteiger partial charge in [0.1, 0.15) is 25.4 Å². The minimum atomic E-state index is -4.93. The summed E-state index contributed by atoms with van der Waals surface area (Å²) in [5.41, 5.74) is 0. The highest BCUT2D eigenvalue weighted by atomic mass is 31.2. The lowest BCUT2D eigenvalue weighted by molar-refractivity contribution is -0.161. The molecular formula is C71H122O16P2. The maximum Gasteiger partial charge on any atom is 0.472 e. The number of carbonyl (C=O) groups excluding carboxylic acids is 3. The van der Waals surface area contributed by atoms with Crippen molar-refractivity contribution in [3.8, 4) is 0 Å². The number of hydrogen-bond acceptors (Lipinski definition) is 14. The Bertz CT molecular complexity index is 2060. The molecule has 0 fully saturated rings. The van der Waals surface area contributed by atoms with Gasteiger partial charge in [-0.1, -0.05) is 233 Å². The van der Waals surface area contributed by atoms with E-state index in [0.717, 1.165) is 141 Å². The fourth-order valence-electron chi connectivity index (χ4n) is 8.70. The zero-order valence-electron chi connectivity index (χ0n) is 55.3. The van der Waals surface area contributed by atoms with Crippen LogP contribution in [0.15, 0.2) is 109 Å². The first-order chi connectivity index (χ1) is 43.2. The number of hydrogen-bond donors (Lipinski definition) is 4. The molecule has 16 nitrogen and oxygen atoms in total. The van der Waals surface area contributed by atoms with Gasteiger partial charge in [0.15, 0.2) is 6.10 Å². The zero-order valence-corrected chi connectivity index (χ0v) is 57.1. The predicted octanol–water partition coefficient (Wildman–Crippen LogP) is 18.9. The van der Waals surface area contributed by atoms with Gasteiger partial charge in [0.05, 0.1) is 26.4 Å². The first kappa shape index (κ1) is 85.2. The summed E-state index contributed by atoms with van der Waals surface area (Å²) in [5.74, 6) is -1.62. The van der Waals surface area contributed by atoms with E-state index in [1.54, 1.807) is 0 Å². The molecule has 512 valence electrons. The SMILES string of the molecule is CC/C=C\C/C=C\C/C=C\C/C=C\CCCCCCC(=O)OCC(COP(=O)(O)OCC(O)COP(=O)(O)OCC(O)COC(=O)CCCCCCCCCCC/C=C\C/C=C\C/C=C\C/C=C\CCCCC)OC(=O)CCCCCCC/C=C\CCCC. The lowest BCUT2D eigenvalue weighted by Gasteiger charge is -2.21. The molecule has 0 radical (unpaired) electrons. The van der Waals surface area contributed by atoms with Gasteiger partial charge in [-0.3, -0.25) is 32.5 Å². The van der Waals surface area contributed by atoms with Gasteiger partial charge in [-0.05, 0) is 122 Å². The Hall–Kier alpha value is -3.79. The van der Waals surface area contributed by atoms with E-state index in [9.17, 15) is 43.5 Å². The van der Waals surface area contributed by atoms with Crippen LogP contribution in [-0.4, -0.2) is 95.9 Å². The van der Waals surface area contributed by atoms with Crippen molar-refractivity contribution in [2.24, 2.45) is 0 Å². The third-order valence-electron chi connectivity index (χ3n) is 14.0. The quantitative estimate of drug-likeness (QED) is 0.0146. The van der Waals surface area contributed by atoms with E-state index in [0.29, 0.717) is 19.3 Å². The highest BCUT2D eigenvalue weighted by molar-refractivity contribution is 7.47. The van der Waals surface area contributed by atoms with E-state index in [1.807, 2.05) is 0 Å². The van der Waals surface area contributed by atoms with Crippen molar-refractivity contribution in [3.63, 3.8) is 0 Å². The molecule has 0 spiro atoms. The average molecular weight is 1290 g/mol. The van der Waals surface area contributed by atoms with Gasteiger partial charge in [0.2, 0.25) is 0 Å². The highest BCUT2D eigenvalue weighted by Crippen LogP contribution is 2.45. The Labute approximate surface area is 539 Å². The second-order valence-electron chi connectivity index (χ2n) is 22.6. The Kier molecular flexibility index (Phi) is 61.6. The number of unbranched alkanes of at least 4 members (excludes halogenated alkanes) is 23. The summed E-state index contributed by atoms with van der Waals surface area (Å²) < 4.78 is 60.8. The number of aliphatic hydroxyl groups is 2. The number of rotatable bonds is 64. The van der Waals surface area contributed by atoms with Gasteiger partial charge < -0.3 is 34.2 Å². The number of phosphoric ester groups is 2. The van der Waals surface area contributed by atoms with E-state index < -0.39 is 91.5 Å². The van der Waals surface area contributed by atoms with Crippen molar-refractivity contribution >= 4 is 33.6 Å². The molecule has 89 heavy (non-hydrogen) atoms. The van der Waals surface area contributed by atoms with Crippen molar-refractivity contribution in [1.82, 2.24) is 0 Å². The van der Waals surface area contributed by atoms with Crippen molar-refractivity contribution in [1.29, 1.82) is 0 Å². The van der Waals surface area contributed by atoms with Crippen LogP contribution in [0.3, 0.4) is 0 Å². The standard InChI is InChI=1S/C71H122O16P2/c1-4-7-10-13-16-19-22-24-26-28-29-30-31-32-33-34-35-37-39-40-43-45-48-51-54-57-69(74)81-60-66(72)61-83-88(77,78)84-62-67(73)63-85-89(79,80)86-65-68(87-71(76)59-56-53-50-47-42-21-18-15-12-9-6-3)64-82-70(75)58-55-52-49-46-44-41-38-36-27-25-23-20-17-14-11-8-5-2/h8,11,15-20,24-27,29-30,32-33,38,41,66-68,72-73H,4-7,9-10,12-14,21-23,28,31,34-37,39-40,42-65H2,1-3H3,(H,77,78)(H,79,80)/b11-8-,18-15-,19-16-,20-17-,26-24-,27-25-,30-29-,33-32-,41-38-. The highest BCUT2D eigenvalue weighted by Gasteiger charge is 2.29. The molecule has 0 saturated carbocycles. The van der Waals surface area contributed by atoms with Crippen LogP contribution in [-0.2, 0) is 55.8 Å². The Morgan fingerprint density at radius 1 is 0.326 bits per heavy atom. The Morgan fingerprint density at radius 3 is 0.989 bits per heavy atom. The van der Waals surface area contributed by atoms with E-state index in [1.165, 1.54) is 64.2 Å². The monoisotopic (exact) mass is 1290 g/mol. The molecule has 5 unspecified atom stereocenters. The first-order valence-corrected chi connectivity index (χ1v) is 37.2. The molecule has 4 N–H and O–H groups in total. The maximum absolute atomic E-state index is 12.9. The fourth-order valence-corrected chi connectivity index (χ4v) is 10.3. The molecule has 0 bridgehead atoms. The molecular weight excluding hydrogens is 1170 g/mol. The van der Waals surface area contributed by atoms with E-state index >= 15 is 0 Å². The number of allylic oxidation sites excluding steroid dienone is 18. The van der Waals surface area contributed by atoms with Crippen LogP contribution in [0.4, 0.5) is 0 Å². The fraction of sp³-hybridized carbons (Fsp3) is 0.704. The maximum atomic E-state index is 12.9. The predicted molar refractivity (Wildman–Crippen MR) is 362 cm³/mol. The van der Waals surface area contributed by atoms with Crippen LogP contribution in [0, 0.1) is 0 Å². The average Bonchev–Trinajstić information content (AvgIpc) is 3.63. The summed E-state index contributed by atoms with van der Waals surface area (Å²) in [7, 11) is -9.78. The van der Waals surface area contributed by atoms with Gasteiger partial charge in [-0.15, -0.1) is 0 Å². The molecule has 0 aromatic carbocycles. The van der Waals surface area contributed by atoms with Crippen LogP contribution in [0.5, 0.6) is 0 Å². The lowest BCUT2D eigenvalue weighted by atomic mass is 10.1. The molecule has 0 heterocycles. The van der Waals surface area contributed by atoms with Gasteiger partial charge in [0, 0.05) is 19.3 Å². The molecule has 0 aliphatic carbocycles. The zero-order chi connectivity index (χ0) is 65.3. The van der Waals surface area contributed by atoms with E-state index in [-0.39, 0.29) is 19.3 Å². The smallest absolute Gasteiger partial charge is 0.463 e.